The van der Waals surface area contributed by atoms with E-state index in [9.17, 15) is 8.42 Å². The van der Waals surface area contributed by atoms with Gasteiger partial charge in [-0.05, 0) is 23.8 Å². The Morgan fingerprint density at radius 1 is 1.23 bits per heavy atom. The molecule has 0 aliphatic carbocycles. The number of aliphatic hydroxyl groups excluding tert-OH is 1. The Morgan fingerprint density at radius 3 is 2.45 bits per heavy atom. The van der Waals surface area contributed by atoms with Crippen LogP contribution < -0.4 is 10.1 Å². The Labute approximate surface area is 128 Å². The van der Waals surface area contributed by atoms with Gasteiger partial charge in [-0.1, -0.05) is 12.1 Å². The van der Waals surface area contributed by atoms with Crippen molar-refractivity contribution in [3.8, 4) is 16.9 Å². The van der Waals surface area contributed by atoms with Crippen molar-refractivity contribution in [2.24, 2.45) is 0 Å². The highest BCUT2D eigenvalue weighted by molar-refractivity contribution is 7.90. The van der Waals surface area contributed by atoms with E-state index in [0.29, 0.717) is 17.1 Å². The van der Waals surface area contributed by atoms with Gasteiger partial charge in [0.05, 0.1) is 13.7 Å². The van der Waals surface area contributed by atoms with Crippen molar-refractivity contribution < 1.29 is 18.3 Å². The molecule has 2 aromatic rings. The standard InChI is InChI=1S/C14H17N3O4S/c1-21-11-5-3-10(4-6-11)12-9-13(22(2,19)20)16-17-14(12)15-7-8-18/h3-6,9,18H,7-8H2,1-2H3,(H,15,17). The van der Waals surface area contributed by atoms with E-state index < -0.39 is 9.84 Å². The average molecular weight is 323 g/mol. The summed E-state index contributed by atoms with van der Waals surface area (Å²) in [5.41, 5.74) is 1.35. The third-order valence-electron chi connectivity index (χ3n) is 2.96. The first-order chi connectivity index (χ1) is 10.5. The first kappa shape index (κ1) is 16.2. The Balaban J connectivity index is 2.52. The first-order valence-electron chi connectivity index (χ1n) is 6.52. The zero-order valence-electron chi connectivity index (χ0n) is 12.3. The van der Waals surface area contributed by atoms with Crippen molar-refractivity contribution in [3.63, 3.8) is 0 Å². The summed E-state index contributed by atoms with van der Waals surface area (Å²) in [6, 6.07) is 8.60. The van der Waals surface area contributed by atoms with E-state index >= 15 is 0 Å². The summed E-state index contributed by atoms with van der Waals surface area (Å²) < 4.78 is 28.4. The molecule has 22 heavy (non-hydrogen) atoms. The number of rotatable bonds is 6. The second-order valence-electron chi connectivity index (χ2n) is 4.60. The number of ether oxygens (including phenoxy) is 1. The van der Waals surface area contributed by atoms with Gasteiger partial charge in [-0.3, -0.25) is 0 Å². The van der Waals surface area contributed by atoms with Crippen LogP contribution in [0.25, 0.3) is 11.1 Å². The monoisotopic (exact) mass is 323 g/mol. The minimum absolute atomic E-state index is 0.0719. The van der Waals surface area contributed by atoms with Gasteiger partial charge >= 0.3 is 0 Å². The lowest BCUT2D eigenvalue weighted by atomic mass is 10.1. The van der Waals surface area contributed by atoms with E-state index in [2.05, 4.69) is 15.5 Å². The van der Waals surface area contributed by atoms with E-state index in [1.165, 1.54) is 6.07 Å². The van der Waals surface area contributed by atoms with Gasteiger partial charge in [0.25, 0.3) is 0 Å². The van der Waals surface area contributed by atoms with Crippen LogP contribution in [0.2, 0.25) is 0 Å². The maximum atomic E-state index is 11.7. The normalized spacial score (nSPS) is 11.2. The number of aromatic nitrogens is 2. The molecule has 0 bridgehead atoms. The summed E-state index contributed by atoms with van der Waals surface area (Å²) in [6.07, 6.45) is 1.08. The third kappa shape index (κ3) is 3.71. The van der Waals surface area contributed by atoms with E-state index in [4.69, 9.17) is 9.84 Å². The van der Waals surface area contributed by atoms with Gasteiger partial charge in [0.15, 0.2) is 20.7 Å². The predicted molar refractivity (Wildman–Crippen MR) is 82.7 cm³/mol. The number of aliphatic hydroxyl groups is 1. The second-order valence-corrected chi connectivity index (χ2v) is 6.56. The maximum absolute atomic E-state index is 11.7. The number of methoxy groups -OCH3 is 1. The minimum atomic E-state index is -3.46. The molecule has 0 saturated carbocycles. The van der Waals surface area contributed by atoms with E-state index in [-0.39, 0.29) is 18.2 Å². The molecule has 8 heteroatoms. The fourth-order valence-electron chi connectivity index (χ4n) is 1.85. The lowest BCUT2D eigenvalue weighted by Gasteiger charge is -2.11. The van der Waals surface area contributed by atoms with Crippen LogP contribution in [0.5, 0.6) is 5.75 Å². The average Bonchev–Trinajstić information content (AvgIpc) is 2.52. The molecule has 0 spiro atoms. The summed E-state index contributed by atoms with van der Waals surface area (Å²) in [7, 11) is -1.89. The fourth-order valence-corrected chi connectivity index (χ4v) is 2.37. The number of hydrogen-bond donors (Lipinski definition) is 2. The molecule has 118 valence electrons. The highest BCUT2D eigenvalue weighted by Crippen LogP contribution is 2.29. The van der Waals surface area contributed by atoms with Gasteiger partial charge in [-0.15, -0.1) is 10.2 Å². The maximum Gasteiger partial charge on any atom is 0.194 e. The van der Waals surface area contributed by atoms with Gasteiger partial charge in [-0.2, -0.15) is 0 Å². The van der Waals surface area contributed by atoms with Crippen LogP contribution >= 0.6 is 0 Å². The summed E-state index contributed by atoms with van der Waals surface area (Å²) in [6.45, 7) is 0.216. The first-order valence-corrected chi connectivity index (χ1v) is 8.42. The lowest BCUT2D eigenvalue weighted by Crippen LogP contribution is -2.11. The molecule has 0 aliphatic rings. The van der Waals surface area contributed by atoms with Crippen LogP contribution in [0.1, 0.15) is 0 Å². The Kier molecular flexibility index (Phi) is 4.94. The molecule has 0 saturated heterocycles. The molecule has 0 radical (unpaired) electrons. The van der Waals surface area contributed by atoms with Crippen molar-refractivity contribution in [1.82, 2.24) is 10.2 Å². The minimum Gasteiger partial charge on any atom is -0.497 e. The van der Waals surface area contributed by atoms with Crippen molar-refractivity contribution >= 4 is 15.7 Å². The Hall–Kier alpha value is -2.19. The van der Waals surface area contributed by atoms with Crippen LogP contribution in [0, 0.1) is 0 Å². The van der Waals surface area contributed by atoms with Gasteiger partial charge in [0, 0.05) is 18.4 Å². The fraction of sp³-hybridized carbons (Fsp3) is 0.286. The summed E-state index contributed by atoms with van der Waals surface area (Å²) in [4.78, 5) is 0. The highest BCUT2D eigenvalue weighted by atomic mass is 32.2. The van der Waals surface area contributed by atoms with Crippen molar-refractivity contribution in [2.45, 2.75) is 5.03 Å². The summed E-state index contributed by atoms with van der Waals surface area (Å²) >= 11 is 0. The molecule has 7 nitrogen and oxygen atoms in total. The molecule has 0 atom stereocenters. The van der Waals surface area contributed by atoms with Gasteiger partial charge in [-0.25, -0.2) is 8.42 Å². The molecule has 1 heterocycles. The molecular weight excluding hydrogens is 306 g/mol. The molecule has 1 aromatic heterocycles. The zero-order chi connectivity index (χ0) is 16.2. The quantitative estimate of drug-likeness (QED) is 0.816. The topological polar surface area (TPSA) is 101 Å². The zero-order valence-corrected chi connectivity index (χ0v) is 13.1. The van der Waals surface area contributed by atoms with E-state index in [0.717, 1.165) is 11.8 Å². The number of hydrogen-bond acceptors (Lipinski definition) is 7. The molecule has 0 unspecified atom stereocenters. The third-order valence-corrected chi connectivity index (χ3v) is 3.92. The highest BCUT2D eigenvalue weighted by Gasteiger charge is 2.15. The molecule has 0 amide bonds. The predicted octanol–water partition coefficient (Wildman–Crippen LogP) is 0.960. The molecule has 2 N–H and O–H groups in total. The molecule has 2 rings (SSSR count). The Bertz CT molecular complexity index is 745. The van der Waals surface area contributed by atoms with Gasteiger partial charge in [0.1, 0.15) is 5.75 Å². The van der Waals surface area contributed by atoms with Gasteiger partial charge in [0.2, 0.25) is 0 Å². The summed E-state index contributed by atoms with van der Waals surface area (Å²) in [5, 5.41) is 19.4. The smallest absolute Gasteiger partial charge is 0.194 e. The number of sulfone groups is 1. The number of benzene rings is 1. The largest absolute Gasteiger partial charge is 0.497 e. The van der Waals surface area contributed by atoms with Crippen LogP contribution in [0.3, 0.4) is 0 Å². The summed E-state index contributed by atoms with van der Waals surface area (Å²) in [5.74, 6) is 1.10. The molecule has 0 aliphatic heterocycles. The van der Waals surface area contributed by atoms with Crippen LogP contribution in [-0.2, 0) is 9.84 Å². The SMILES string of the molecule is COc1ccc(-c2cc(S(C)(=O)=O)nnc2NCCO)cc1. The second kappa shape index (κ2) is 6.71. The van der Waals surface area contributed by atoms with Crippen molar-refractivity contribution in [3.05, 3.63) is 30.3 Å². The van der Waals surface area contributed by atoms with Crippen LogP contribution in [-0.4, -0.2) is 50.2 Å². The number of nitrogens with one attached hydrogen (secondary N) is 1. The molecule has 0 fully saturated rings. The lowest BCUT2D eigenvalue weighted by molar-refractivity contribution is 0.311. The number of anilines is 1. The van der Waals surface area contributed by atoms with Gasteiger partial charge < -0.3 is 15.2 Å². The van der Waals surface area contributed by atoms with E-state index in [1.54, 1.807) is 31.4 Å². The molecule has 1 aromatic carbocycles. The van der Waals surface area contributed by atoms with E-state index in [1.807, 2.05) is 0 Å². The van der Waals surface area contributed by atoms with Crippen molar-refractivity contribution in [2.75, 3.05) is 31.8 Å². The van der Waals surface area contributed by atoms with Crippen LogP contribution in [0.15, 0.2) is 35.4 Å². The van der Waals surface area contributed by atoms with Crippen LogP contribution in [0.4, 0.5) is 5.82 Å². The van der Waals surface area contributed by atoms with Crippen molar-refractivity contribution in [1.29, 1.82) is 0 Å². The number of nitrogens with zero attached hydrogens (tertiary/aromatic N) is 2. The Morgan fingerprint density at radius 2 is 1.91 bits per heavy atom. The molecular formula is C14H17N3O4S.